The maximum atomic E-state index is 12.8. The van der Waals surface area contributed by atoms with Gasteiger partial charge in [-0.1, -0.05) is 51.0 Å². The summed E-state index contributed by atoms with van der Waals surface area (Å²) < 4.78 is 5.43. The van der Waals surface area contributed by atoms with Gasteiger partial charge in [0.05, 0.1) is 7.11 Å². The van der Waals surface area contributed by atoms with Crippen molar-refractivity contribution in [1.29, 1.82) is 0 Å². The van der Waals surface area contributed by atoms with Crippen LogP contribution >= 0.6 is 0 Å². The first-order valence-corrected chi connectivity index (χ1v) is 9.52. The highest BCUT2D eigenvalue weighted by molar-refractivity contribution is 6.09. The van der Waals surface area contributed by atoms with Crippen molar-refractivity contribution >= 4 is 16.6 Å². The van der Waals surface area contributed by atoms with Crippen molar-refractivity contribution in [3.05, 3.63) is 42.0 Å². The number of hydrogen-bond donors (Lipinski definition) is 0. The molecular weight excluding hydrogens is 310 g/mol. The molecule has 0 spiro atoms. The van der Waals surface area contributed by atoms with Crippen LogP contribution in [-0.4, -0.2) is 37.4 Å². The van der Waals surface area contributed by atoms with E-state index in [-0.39, 0.29) is 5.78 Å². The molecule has 3 heteroatoms. The zero-order valence-corrected chi connectivity index (χ0v) is 15.9. The molecule has 0 aliphatic carbocycles. The Labute approximate surface area is 152 Å². The number of fused-ring (bicyclic) bond motifs is 1. The second-order valence-electron chi connectivity index (χ2n) is 6.58. The summed E-state index contributed by atoms with van der Waals surface area (Å²) in [5.74, 6) is 1.04. The number of Topliss-reactive ketones (excluding diaryl/α,β-unsaturated/α-hetero) is 1. The second-order valence-corrected chi connectivity index (χ2v) is 6.58. The number of ketones is 1. The summed E-state index contributed by atoms with van der Waals surface area (Å²) in [6.45, 7) is 7.46. The fourth-order valence-electron chi connectivity index (χ4n) is 3.19. The van der Waals surface area contributed by atoms with Gasteiger partial charge in [-0.05, 0) is 43.5 Å². The zero-order valence-electron chi connectivity index (χ0n) is 15.9. The standard InChI is InChI=1S/C22H31NO2/c1-4-6-15-23(16-7-5-2)17-14-21(24)19-12-13-22(25-3)20-11-9-8-10-18(19)20/h8-13H,4-7,14-17H2,1-3H3. The van der Waals surface area contributed by atoms with Crippen molar-refractivity contribution < 1.29 is 9.53 Å². The van der Waals surface area contributed by atoms with Gasteiger partial charge in [0.15, 0.2) is 5.78 Å². The number of ether oxygens (including phenoxy) is 1. The van der Waals surface area contributed by atoms with Crippen molar-refractivity contribution in [2.45, 2.75) is 46.0 Å². The van der Waals surface area contributed by atoms with Gasteiger partial charge in [0.1, 0.15) is 5.75 Å². The van der Waals surface area contributed by atoms with Crippen LogP contribution in [-0.2, 0) is 0 Å². The molecule has 0 saturated carbocycles. The molecular formula is C22H31NO2. The van der Waals surface area contributed by atoms with Crippen molar-refractivity contribution in [2.24, 2.45) is 0 Å². The second kappa shape index (κ2) is 10.2. The normalized spacial score (nSPS) is 11.2. The van der Waals surface area contributed by atoms with Crippen LogP contribution in [0.2, 0.25) is 0 Å². The quantitative estimate of drug-likeness (QED) is 0.518. The van der Waals surface area contributed by atoms with E-state index in [2.05, 4.69) is 18.7 Å². The highest BCUT2D eigenvalue weighted by Gasteiger charge is 2.14. The topological polar surface area (TPSA) is 29.5 Å². The maximum Gasteiger partial charge on any atom is 0.164 e. The van der Waals surface area contributed by atoms with E-state index in [0.717, 1.165) is 41.7 Å². The molecule has 2 aromatic rings. The Hall–Kier alpha value is -1.87. The van der Waals surface area contributed by atoms with Crippen molar-refractivity contribution in [3.63, 3.8) is 0 Å². The van der Waals surface area contributed by atoms with E-state index in [4.69, 9.17) is 4.74 Å². The Bertz CT molecular complexity index is 673. The number of carbonyl (C=O) groups excluding carboxylic acids is 1. The molecule has 136 valence electrons. The highest BCUT2D eigenvalue weighted by atomic mass is 16.5. The summed E-state index contributed by atoms with van der Waals surface area (Å²) in [6.07, 6.45) is 5.36. The average Bonchev–Trinajstić information content (AvgIpc) is 2.66. The SMILES string of the molecule is CCCCN(CCCC)CCC(=O)c1ccc(OC)c2ccccc12. The molecule has 0 N–H and O–H groups in total. The van der Waals surface area contributed by atoms with Gasteiger partial charge in [-0.3, -0.25) is 4.79 Å². The molecule has 0 aromatic heterocycles. The van der Waals surface area contributed by atoms with E-state index in [9.17, 15) is 4.79 Å². The Balaban J connectivity index is 2.11. The van der Waals surface area contributed by atoms with Crippen LogP contribution < -0.4 is 4.74 Å². The van der Waals surface area contributed by atoms with Crippen molar-refractivity contribution in [2.75, 3.05) is 26.7 Å². The summed E-state index contributed by atoms with van der Waals surface area (Å²) in [6, 6.07) is 11.8. The molecule has 0 saturated heterocycles. The number of carbonyl (C=O) groups is 1. The maximum absolute atomic E-state index is 12.8. The lowest BCUT2D eigenvalue weighted by Gasteiger charge is -2.21. The Morgan fingerprint density at radius 3 is 2.16 bits per heavy atom. The number of unbranched alkanes of at least 4 members (excludes halogenated alkanes) is 2. The summed E-state index contributed by atoms with van der Waals surface area (Å²) >= 11 is 0. The van der Waals surface area contributed by atoms with Crippen LogP contribution in [0.25, 0.3) is 10.8 Å². The molecule has 3 nitrogen and oxygen atoms in total. The van der Waals surface area contributed by atoms with Gasteiger partial charge >= 0.3 is 0 Å². The Kier molecular flexibility index (Phi) is 7.93. The highest BCUT2D eigenvalue weighted by Crippen LogP contribution is 2.29. The molecule has 0 bridgehead atoms. The molecule has 0 heterocycles. The third-order valence-corrected chi connectivity index (χ3v) is 4.72. The largest absolute Gasteiger partial charge is 0.496 e. The van der Waals surface area contributed by atoms with Crippen LogP contribution in [0.4, 0.5) is 0 Å². The van der Waals surface area contributed by atoms with Crippen LogP contribution in [0.15, 0.2) is 36.4 Å². The first kappa shape index (κ1) is 19.5. The number of hydrogen-bond acceptors (Lipinski definition) is 3. The van der Waals surface area contributed by atoms with Crippen LogP contribution in [0.1, 0.15) is 56.3 Å². The first-order chi connectivity index (χ1) is 12.2. The smallest absolute Gasteiger partial charge is 0.164 e. The number of rotatable bonds is 11. The van der Waals surface area contributed by atoms with Gasteiger partial charge < -0.3 is 9.64 Å². The number of methoxy groups -OCH3 is 1. The summed E-state index contributed by atoms with van der Waals surface area (Å²) in [7, 11) is 1.67. The monoisotopic (exact) mass is 341 g/mol. The van der Waals surface area contributed by atoms with Gasteiger partial charge in [0.25, 0.3) is 0 Å². The average molecular weight is 341 g/mol. The molecule has 0 fully saturated rings. The fourth-order valence-corrected chi connectivity index (χ4v) is 3.19. The summed E-state index contributed by atoms with van der Waals surface area (Å²) in [5, 5.41) is 1.99. The van der Waals surface area contributed by atoms with E-state index in [1.807, 2.05) is 36.4 Å². The van der Waals surface area contributed by atoms with Gasteiger partial charge in [-0.15, -0.1) is 0 Å². The minimum Gasteiger partial charge on any atom is -0.496 e. The number of benzene rings is 2. The van der Waals surface area contributed by atoms with Crippen molar-refractivity contribution in [1.82, 2.24) is 4.90 Å². The molecule has 0 aliphatic heterocycles. The fraction of sp³-hybridized carbons (Fsp3) is 0.500. The third kappa shape index (κ3) is 5.30. The first-order valence-electron chi connectivity index (χ1n) is 9.52. The van der Waals surface area contributed by atoms with Crippen LogP contribution in [0.3, 0.4) is 0 Å². The predicted molar refractivity (Wildman–Crippen MR) is 106 cm³/mol. The van der Waals surface area contributed by atoms with Gasteiger partial charge in [-0.2, -0.15) is 0 Å². The minimum atomic E-state index is 0.219. The van der Waals surface area contributed by atoms with Gasteiger partial charge in [0, 0.05) is 23.9 Å². The molecule has 2 aromatic carbocycles. The Morgan fingerprint density at radius 2 is 1.56 bits per heavy atom. The molecule has 0 unspecified atom stereocenters. The molecule has 0 aliphatic rings. The van der Waals surface area contributed by atoms with Gasteiger partial charge in [-0.25, -0.2) is 0 Å². The predicted octanol–water partition coefficient (Wildman–Crippen LogP) is 5.32. The molecule has 0 amide bonds. The van der Waals surface area contributed by atoms with Crippen molar-refractivity contribution in [3.8, 4) is 5.75 Å². The van der Waals surface area contributed by atoms with E-state index >= 15 is 0 Å². The lowest BCUT2D eigenvalue weighted by atomic mass is 9.99. The molecule has 0 radical (unpaired) electrons. The molecule has 0 atom stereocenters. The lowest BCUT2D eigenvalue weighted by Crippen LogP contribution is -2.28. The minimum absolute atomic E-state index is 0.219. The van der Waals surface area contributed by atoms with Crippen LogP contribution in [0.5, 0.6) is 5.75 Å². The zero-order chi connectivity index (χ0) is 18.1. The van der Waals surface area contributed by atoms with E-state index in [0.29, 0.717) is 6.42 Å². The van der Waals surface area contributed by atoms with E-state index in [1.165, 1.54) is 25.7 Å². The number of nitrogens with zero attached hydrogens (tertiary/aromatic N) is 1. The Morgan fingerprint density at radius 1 is 0.920 bits per heavy atom. The third-order valence-electron chi connectivity index (χ3n) is 4.72. The lowest BCUT2D eigenvalue weighted by molar-refractivity contribution is 0.0965. The van der Waals surface area contributed by atoms with E-state index in [1.54, 1.807) is 7.11 Å². The van der Waals surface area contributed by atoms with Crippen LogP contribution in [0, 0.1) is 0 Å². The van der Waals surface area contributed by atoms with Gasteiger partial charge in [0.2, 0.25) is 0 Å². The molecule has 2 rings (SSSR count). The molecule has 25 heavy (non-hydrogen) atoms. The van der Waals surface area contributed by atoms with E-state index < -0.39 is 0 Å². The summed E-state index contributed by atoms with van der Waals surface area (Å²) in [5.41, 5.74) is 0.808. The summed E-state index contributed by atoms with van der Waals surface area (Å²) in [4.78, 5) is 15.3.